The SMILES string of the molecule is FC(F)(F)Oc1ccc(Oc2cccc(Br)c2)cc1. The van der Waals surface area contributed by atoms with E-state index in [1.54, 1.807) is 18.2 Å². The van der Waals surface area contributed by atoms with E-state index >= 15 is 0 Å². The monoisotopic (exact) mass is 332 g/mol. The third kappa shape index (κ3) is 4.48. The zero-order valence-corrected chi connectivity index (χ0v) is 11.0. The maximum atomic E-state index is 12.0. The van der Waals surface area contributed by atoms with Crippen LogP contribution in [0, 0.1) is 0 Å². The number of benzene rings is 2. The summed E-state index contributed by atoms with van der Waals surface area (Å²) in [5.74, 6) is 0.723. The highest BCUT2D eigenvalue weighted by Gasteiger charge is 2.30. The molecule has 2 rings (SSSR count). The van der Waals surface area contributed by atoms with Crippen molar-refractivity contribution in [2.75, 3.05) is 0 Å². The Morgan fingerprint density at radius 3 is 2.05 bits per heavy atom. The third-order valence-corrected chi connectivity index (χ3v) is 2.58. The third-order valence-electron chi connectivity index (χ3n) is 2.09. The van der Waals surface area contributed by atoms with E-state index in [1.165, 1.54) is 24.3 Å². The zero-order chi connectivity index (χ0) is 13.9. The van der Waals surface area contributed by atoms with Crippen molar-refractivity contribution in [2.24, 2.45) is 0 Å². The van der Waals surface area contributed by atoms with Crippen molar-refractivity contribution in [2.45, 2.75) is 6.36 Å². The molecule has 0 bridgehead atoms. The molecule has 2 aromatic carbocycles. The van der Waals surface area contributed by atoms with Gasteiger partial charge in [-0.05, 0) is 42.5 Å². The molecule has 0 aliphatic heterocycles. The summed E-state index contributed by atoms with van der Waals surface area (Å²) in [5.41, 5.74) is 0. The van der Waals surface area contributed by atoms with Gasteiger partial charge in [0, 0.05) is 4.47 Å². The molecule has 100 valence electrons. The van der Waals surface area contributed by atoms with Gasteiger partial charge in [-0.15, -0.1) is 13.2 Å². The van der Waals surface area contributed by atoms with Crippen molar-refractivity contribution < 1.29 is 22.6 Å². The molecule has 2 aromatic rings. The summed E-state index contributed by atoms with van der Waals surface area (Å²) in [6, 6.07) is 12.3. The van der Waals surface area contributed by atoms with Gasteiger partial charge in [0.2, 0.25) is 0 Å². The van der Waals surface area contributed by atoms with E-state index in [9.17, 15) is 13.2 Å². The van der Waals surface area contributed by atoms with Crippen LogP contribution in [-0.4, -0.2) is 6.36 Å². The van der Waals surface area contributed by atoms with Crippen molar-refractivity contribution in [3.05, 3.63) is 53.0 Å². The number of ether oxygens (including phenoxy) is 2. The van der Waals surface area contributed by atoms with Gasteiger partial charge in [0.25, 0.3) is 0 Å². The van der Waals surface area contributed by atoms with Crippen molar-refractivity contribution >= 4 is 15.9 Å². The van der Waals surface area contributed by atoms with Crippen LogP contribution < -0.4 is 9.47 Å². The van der Waals surface area contributed by atoms with Crippen LogP contribution in [-0.2, 0) is 0 Å². The summed E-state index contributed by atoms with van der Waals surface area (Å²) < 4.78 is 46.0. The molecule has 0 aliphatic rings. The van der Waals surface area contributed by atoms with Crippen LogP contribution >= 0.6 is 15.9 Å². The van der Waals surface area contributed by atoms with Gasteiger partial charge in [-0.1, -0.05) is 22.0 Å². The quantitative estimate of drug-likeness (QED) is 0.774. The maximum absolute atomic E-state index is 12.0. The molecule has 0 atom stereocenters. The average molecular weight is 333 g/mol. The van der Waals surface area contributed by atoms with Crippen LogP contribution in [0.25, 0.3) is 0 Å². The summed E-state index contributed by atoms with van der Waals surface area (Å²) in [4.78, 5) is 0. The van der Waals surface area contributed by atoms with E-state index in [0.29, 0.717) is 11.5 Å². The number of hydrogen-bond acceptors (Lipinski definition) is 2. The number of hydrogen-bond donors (Lipinski definition) is 0. The molecular weight excluding hydrogens is 325 g/mol. The molecular formula is C13H8BrF3O2. The number of halogens is 4. The highest BCUT2D eigenvalue weighted by Crippen LogP contribution is 2.28. The Balaban J connectivity index is 2.07. The largest absolute Gasteiger partial charge is 0.573 e. The zero-order valence-electron chi connectivity index (χ0n) is 9.45. The molecule has 19 heavy (non-hydrogen) atoms. The number of alkyl halides is 3. The van der Waals surface area contributed by atoms with E-state index in [4.69, 9.17) is 4.74 Å². The molecule has 2 nitrogen and oxygen atoms in total. The Morgan fingerprint density at radius 2 is 1.47 bits per heavy atom. The van der Waals surface area contributed by atoms with Gasteiger partial charge in [0.05, 0.1) is 0 Å². The van der Waals surface area contributed by atoms with Crippen LogP contribution in [0.3, 0.4) is 0 Å². The Hall–Kier alpha value is -1.69. The lowest BCUT2D eigenvalue weighted by molar-refractivity contribution is -0.274. The summed E-state index contributed by atoms with van der Waals surface area (Å²) >= 11 is 3.30. The van der Waals surface area contributed by atoms with Gasteiger partial charge in [0.1, 0.15) is 17.2 Å². The number of rotatable bonds is 3. The molecule has 0 radical (unpaired) electrons. The average Bonchev–Trinajstić information content (AvgIpc) is 2.30. The lowest BCUT2D eigenvalue weighted by Gasteiger charge is -2.10. The molecule has 0 aromatic heterocycles. The van der Waals surface area contributed by atoms with E-state index in [-0.39, 0.29) is 5.75 Å². The van der Waals surface area contributed by atoms with Gasteiger partial charge < -0.3 is 9.47 Å². The first-order valence-corrected chi connectivity index (χ1v) is 6.01. The van der Waals surface area contributed by atoms with E-state index in [0.717, 1.165) is 4.47 Å². The fourth-order valence-corrected chi connectivity index (χ4v) is 1.75. The summed E-state index contributed by atoms with van der Waals surface area (Å²) in [6.45, 7) is 0. The normalized spacial score (nSPS) is 11.2. The Morgan fingerprint density at radius 1 is 0.842 bits per heavy atom. The molecule has 0 spiro atoms. The minimum atomic E-state index is -4.69. The lowest BCUT2D eigenvalue weighted by Crippen LogP contribution is -2.16. The van der Waals surface area contributed by atoms with Crippen LogP contribution in [0.5, 0.6) is 17.2 Å². The maximum Gasteiger partial charge on any atom is 0.573 e. The molecule has 0 fully saturated rings. The predicted molar refractivity (Wildman–Crippen MR) is 67.3 cm³/mol. The van der Waals surface area contributed by atoms with E-state index < -0.39 is 6.36 Å². The Bertz CT molecular complexity index is 553. The molecule has 6 heteroatoms. The second-order valence-corrected chi connectivity index (χ2v) is 4.49. The summed E-state index contributed by atoms with van der Waals surface area (Å²) in [5, 5.41) is 0. The summed E-state index contributed by atoms with van der Waals surface area (Å²) in [6.07, 6.45) is -4.69. The highest BCUT2D eigenvalue weighted by atomic mass is 79.9. The van der Waals surface area contributed by atoms with Crippen LogP contribution in [0.1, 0.15) is 0 Å². The van der Waals surface area contributed by atoms with Gasteiger partial charge in [-0.25, -0.2) is 0 Å². The van der Waals surface area contributed by atoms with Gasteiger partial charge in [-0.2, -0.15) is 0 Å². The molecule has 0 saturated carbocycles. The van der Waals surface area contributed by atoms with Crippen molar-refractivity contribution in [3.8, 4) is 17.2 Å². The topological polar surface area (TPSA) is 18.5 Å². The second-order valence-electron chi connectivity index (χ2n) is 3.58. The van der Waals surface area contributed by atoms with Crippen molar-refractivity contribution in [1.82, 2.24) is 0 Å². The summed E-state index contributed by atoms with van der Waals surface area (Å²) in [7, 11) is 0. The first-order chi connectivity index (χ1) is 8.92. The van der Waals surface area contributed by atoms with Crippen LogP contribution in [0.15, 0.2) is 53.0 Å². The Labute approximate surface area is 115 Å². The highest BCUT2D eigenvalue weighted by molar-refractivity contribution is 9.10. The molecule has 0 unspecified atom stereocenters. The molecule has 0 aliphatic carbocycles. The van der Waals surface area contributed by atoms with Crippen LogP contribution in [0.2, 0.25) is 0 Å². The van der Waals surface area contributed by atoms with Gasteiger partial charge in [0.15, 0.2) is 0 Å². The first-order valence-electron chi connectivity index (χ1n) is 5.22. The van der Waals surface area contributed by atoms with Crippen molar-refractivity contribution in [3.63, 3.8) is 0 Å². The molecule has 0 heterocycles. The van der Waals surface area contributed by atoms with E-state index in [1.807, 2.05) is 6.07 Å². The van der Waals surface area contributed by atoms with Gasteiger partial charge in [-0.3, -0.25) is 0 Å². The minimum absolute atomic E-state index is 0.283. The molecule has 0 N–H and O–H groups in total. The minimum Gasteiger partial charge on any atom is -0.457 e. The fourth-order valence-electron chi connectivity index (χ4n) is 1.38. The predicted octanol–water partition coefficient (Wildman–Crippen LogP) is 5.14. The van der Waals surface area contributed by atoms with Crippen molar-refractivity contribution in [1.29, 1.82) is 0 Å². The Kier molecular flexibility index (Phi) is 3.99. The smallest absolute Gasteiger partial charge is 0.457 e. The fraction of sp³-hybridized carbons (Fsp3) is 0.0769. The first kappa shape index (κ1) is 13.7. The lowest BCUT2D eigenvalue weighted by atomic mass is 10.3. The second kappa shape index (κ2) is 5.52. The van der Waals surface area contributed by atoms with Crippen LogP contribution in [0.4, 0.5) is 13.2 Å². The molecule has 0 amide bonds. The van der Waals surface area contributed by atoms with Gasteiger partial charge >= 0.3 is 6.36 Å². The standard InChI is InChI=1S/C13H8BrF3O2/c14-9-2-1-3-12(8-9)18-10-4-6-11(7-5-10)19-13(15,16)17/h1-8H. The molecule has 0 saturated heterocycles. The van der Waals surface area contributed by atoms with E-state index in [2.05, 4.69) is 20.7 Å².